The van der Waals surface area contributed by atoms with Crippen LogP contribution in [0, 0.1) is 10.2 Å². The van der Waals surface area contributed by atoms with Crippen molar-refractivity contribution in [1.82, 2.24) is 0 Å². The summed E-state index contributed by atoms with van der Waals surface area (Å²) in [6.45, 7) is 0. The highest BCUT2D eigenvalue weighted by Crippen LogP contribution is 1.93. The topological polar surface area (TPSA) is 78.4 Å². The van der Waals surface area contributed by atoms with E-state index in [0.29, 0.717) is 0 Å². The minimum absolute atomic E-state index is 0.981. The molecule has 0 aliphatic carbocycles. The van der Waals surface area contributed by atoms with Crippen LogP contribution in [0.1, 0.15) is 0 Å². The number of halogens is 2. The normalized spacial score (nSPS) is 12.0. The molecule has 0 aliphatic heterocycles. The van der Waals surface area contributed by atoms with Gasteiger partial charge in [0.05, 0.1) is 10.2 Å². The second kappa shape index (κ2) is 2.24. The minimum Gasteiger partial charge on any atom is -0.182 e. The Balaban J connectivity index is 3.17. The minimum atomic E-state index is -4.19. The molecule has 0 aromatic rings. The van der Waals surface area contributed by atoms with Gasteiger partial charge in [0, 0.05) is 0 Å². The fourth-order valence-corrected chi connectivity index (χ4v) is 0. The van der Waals surface area contributed by atoms with Crippen LogP contribution in [0.4, 0.5) is 0 Å². The van der Waals surface area contributed by atoms with E-state index in [4.69, 9.17) is 0 Å². The van der Waals surface area contributed by atoms with E-state index in [1.54, 1.807) is 0 Å². The lowest BCUT2D eigenvalue weighted by Crippen LogP contribution is -2.59. The fourth-order valence-electron chi connectivity index (χ4n) is 0. The van der Waals surface area contributed by atoms with Crippen LogP contribution in [0.15, 0.2) is 0 Å². The Morgan fingerprint density at radius 2 is 1.50 bits per heavy atom. The molecular formula is ClIO4. The maximum Gasteiger partial charge on any atom is 0.322 e. The summed E-state index contributed by atoms with van der Waals surface area (Å²) < 4.78 is 30.9. The Bertz CT molecular complexity index is 37.3. The highest BCUT2D eigenvalue weighted by Gasteiger charge is 2.11. The maximum atomic E-state index is 9.19. The van der Waals surface area contributed by atoms with E-state index in [0.717, 1.165) is 23.0 Å². The molecule has 38 valence electrons. The Kier molecular flexibility index (Phi) is 2.56. The molecule has 6 heavy (non-hydrogen) atoms. The summed E-state index contributed by atoms with van der Waals surface area (Å²) >= 11 is 0.981. The van der Waals surface area contributed by atoms with Gasteiger partial charge in [-0.1, -0.05) is 0 Å². The van der Waals surface area contributed by atoms with E-state index >= 15 is 0 Å². The molecule has 6 heteroatoms. The molecule has 0 spiro atoms. The molecule has 0 fully saturated rings. The molecule has 0 atom stereocenters. The van der Waals surface area contributed by atoms with Crippen molar-refractivity contribution in [3.63, 3.8) is 0 Å². The average molecular weight is 226 g/mol. The van der Waals surface area contributed by atoms with Crippen LogP contribution >= 0.6 is 23.0 Å². The Labute approximate surface area is 50.1 Å². The summed E-state index contributed by atoms with van der Waals surface area (Å²) in [6, 6.07) is 0. The molecule has 0 saturated heterocycles. The maximum absolute atomic E-state index is 9.19. The monoisotopic (exact) mass is 226 g/mol. The molecule has 0 radical (unpaired) electrons. The van der Waals surface area contributed by atoms with Crippen molar-refractivity contribution in [3.8, 4) is 0 Å². The van der Waals surface area contributed by atoms with Gasteiger partial charge in [-0.25, -0.2) is 0 Å². The predicted octanol–water partition coefficient (Wildman–Crippen LogP) is -2.75. The second-order valence-electron chi connectivity index (χ2n) is 0.436. The first-order valence-corrected chi connectivity index (χ1v) is 2.89. The van der Waals surface area contributed by atoms with E-state index in [9.17, 15) is 14.0 Å². The highest BCUT2D eigenvalue weighted by atomic mass is 127. The van der Waals surface area contributed by atoms with Gasteiger partial charge in [-0.2, -0.15) is 14.0 Å². The number of rotatable bonds is 1. The first kappa shape index (κ1) is 6.86. The zero-order valence-electron chi connectivity index (χ0n) is 2.39. The molecule has 0 amide bonds. The van der Waals surface area contributed by atoms with Crippen molar-refractivity contribution in [3.05, 3.63) is 0 Å². The van der Waals surface area contributed by atoms with Crippen LogP contribution in [0.2, 0.25) is 0 Å². The molecule has 0 aliphatic rings. The fraction of sp³-hybridized carbons (Fsp3) is 0. The summed E-state index contributed by atoms with van der Waals surface area (Å²) in [6.07, 6.45) is 0. The molecule has 0 unspecified atom stereocenters. The van der Waals surface area contributed by atoms with Crippen molar-refractivity contribution in [2.24, 2.45) is 0 Å². The molecule has 0 rings (SSSR count). The van der Waals surface area contributed by atoms with Crippen molar-refractivity contribution in [2.45, 2.75) is 0 Å². The van der Waals surface area contributed by atoms with Gasteiger partial charge in [-0.15, -0.1) is 0 Å². The summed E-state index contributed by atoms with van der Waals surface area (Å²) in [5, 5.41) is 0. The van der Waals surface area contributed by atoms with Gasteiger partial charge < -0.3 is 0 Å². The Hall–Kier alpha value is 0.860. The van der Waals surface area contributed by atoms with Crippen LogP contribution in [0.3, 0.4) is 0 Å². The lowest BCUT2D eigenvalue weighted by atomic mass is 15.8. The third kappa shape index (κ3) is 4.86. The van der Waals surface area contributed by atoms with Gasteiger partial charge in [0.1, 0.15) is 2.62 Å². The van der Waals surface area contributed by atoms with Crippen LogP contribution in [0.25, 0.3) is 0 Å². The van der Waals surface area contributed by atoms with Gasteiger partial charge in [0.15, 0.2) is 0 Å². The second-order valence-corrected chi connectivity index (χ2v) is 2.31. The third-order valence-electron chi connectivity index (χ3n) is 0.0714. The Morgan fingerprint density at radius 3 is 1.50 bits per heavy atom. The number of hydrogen-bond acceptors (Lipinski definition) is 4. The number of hydrogen-bond donors (Lipinski definition) is 0. The van der Waals surface area contributed by atoms with Crippen LogP contribution < -0.4 is 14.0 Å². The molecule has 0 aromatic carbocycles. The van der Waals surface area contributed by atoms with Crippen molar-refractivity contribution < 1.29 is 26.8 Å². The molecule has 0 aromatic heterocycles. The molecular weight excluding hydrogens is 226 g/mol. The summed E-state index contributed by atoms with van der Waals surface area (Å²) in [5.74, 6) is 0. The first-order chi connectivity index (χ1) is 2.56. The molecule has 0 N–H and O–H groups in total. The standard InChI is InChI=1S/ClIO4/c2-6-1(3,4)5. The smallest absolute Gasteiger partial charge is 0.182 e. The molecule has 0 saturated carbocycles. The predicted molar refractivity (Wildman–Crippen MR) is 15.1 cm³/mol. The van der Waals surface area contributed by atoms with E-state index in [1.807, 2.05) is 0 Å². The summed E-state index contributed by atoms with van der Waals surface area (Å²) in [7, 11) is -4.19. The van der Waals surface area contributed by atoms with E-state index < -0.39 is 10.2 Å². The van der Waals surface area contributed by atoms with Crippen molar-refractivity contribution >= 4 is 23.0 Å². The quantitative estimate of drug-likeness (QED) is 0.454. The summed E-state index contributed by atoms with van der Waals surface area (Å²) in [5.41, 5.74) is 0. The van der Waals surface area contributed by atoms with Crippen molar-refractivity contribution in [2.75, 3.05) is 0 Å². The largest absolute Gasteiger partial charge is 0.322 e. The van der Waals surface area contributed by atoms with Crippen LogP contribution in [-0.2, 0) is 2.62 Å². The van der Waals surface area contributed by atoms with Gasteiger partial charge in [-0.3, -0.25) is 0 Å². The van der Waals surface area contributed by atoms with E-state index in [2.05, 4.69) is 2.62 Å². The van der Waals surface area contributed by atoms with Gasteiger partial charge in [-0.05, 0) is 0 Å². The first-order valence-electron chi connectivity index (χ1n) is 0.772. The van der Waals surface area contributed by atoms with E-state index in [1.165, 1.54) is 0 Å². The van der Waals surface area contributed by atoms with Gasteiger partial charge >= 0.3 is 23.0 Å². The average Bonchev–Trinajstić information content (AvgIpc) is 1.35. The van der Waals surface area contributed by atoms with Gasteiger partial charge in [0.25, 0.3) is 0 Å². The lowest BCUT2D eigenvalue weighted by Gasteiger charge is -2.06. The zero-order valence-corrected chi connectivity index (χ0v) is 5.30. The SMILES string of the molecule is [O-][Cl+3]([O-])([O-])OI. The van der Waals surface area contributed by atoms with E-state index in [-0.39, 0.29) is 0 Å². The van der Waals surface area contributed by atoms with Crippen LogP contribution in [0.5, 0.6) is 0 Å². The lowest BCUT2D eigenvalue weighted by molar-refractivity contribution is -1.91. The molecule has 0 bridgehead atoms. The van der Waals surface area contributed by atoms with Gasteiger partial charge in [0.2, 0.25) is 0 Å². The molecule has 4 nitrogen and oxygen atoms in total. The van der Waals surface area contributed by atoms with Crippen molar-refractivity contribution in [1.29, 1.82) is 0 Å². The molecule has 0 heterocycles. The zero-order chi connectivity index (χ0) is 5.21. The third-order valence-corrected chi connectivity index (χ3v) is 1.44. The Morgan fingerprint density at radius 1 is 1.33 bits per heavy atom. The van der Waals surface area contributed by atoms with Crippen LogP contribution in [-0.4, -0.2) is 0 Å². The highest BCUT2D eigenvalue weighted by molar-refractivity contribution is 14.1. The summed E-state index contributed by atoms with van der Waals surface area (Å²) in [4.78, 5) is 0.